The predicted molar refractivity (Wildman–Crippen MR) is 261 cm³/mol. The number of alkyl halides is 6. The van der Waals surface area contributed by atoms with Gasteiger partial charge in [0.15, 0.2) is 0 Å². The smallest absolute Gasteiger partial charge is 0.309 e. The van der Waals surface area contributed by atoms with Crippen molar-refractivity contribution in [2.45, 2.75) is 12.4 Å². The molecule has 0 spiro atoms. The van der Waals surface area contributed by atoms with Crippen LogP contribution in [0.4, 0.5) is 26.3 Å². The molecular formula is C59H31F6N5. The number of nitriles is 3. The first-order valence-electron chi connectivity index (χ1n) is 21.9. The molecule has 0 atom stereocenters. The van der Waals surface area contributed by atoms with E-state index in [2.05, 4.69) is 24.3 Å². The van der Waals surface area contributed by atoms with Crippen LogP contribution in [0.1, 0.15) is 27.8 Å². The summed E-state index contributed by atoms with van der Waals surface area (Å²) >= 11 is 0. The summed E-state index contributed by atoms with van der Waals surface area (Å²) in [6.07, 6.45) is -10.2. The monoisotopic (exact) mass is 923 g/mol. The summed E-state index contributed by atoms with van der Waals surface area (Å²) in [5.41, 5.74) is 6.46. The molecule has 0 amide bonds. The number of rotatable bonds is 6. The minimum atomic E-state index is -5.11. The number of para-hydroxylation sites is 2. The molecule has 0 aliphatic rings. The highest BCUT2D eigenvalue weighted by Gasteiger charge is 2.37. The maximum atomic E-state index is 14.6. The zero-order valence-electron chi connectivity index (χ0n) is 36.4. The van der Waals surface area contributed by atoms with Crippen LogP contribution in [0, 0.1) is 34.0 Å². The standard InChI is InChI=1S/C59H31F6N5/c60-58(61,62)43-26-42(27-44(30-43)59(63,64)65)46-21-20-45(69-53-7-3-1-5-47(53)51-28-40(18-23-55(51)69)38-14-9-35(32-66)10-15-38)31-49(46)50-25-37(34-68)13-22-56(50)70-54-8-4-2-6-48(54)52-29-41(19-24-57(52)70)39-16-11-36(33-67)12-17-39/h1-31H. The van der Waals surface area contributed by atoms with Crippen molar-refractivity contribution in [1.82, 2.24) is 9.13 Å². The Labute approximate surface area is 395 Å². The molecule has 2 aromatic heterocycles. The fourth-order valence-electron chi connectivity index (χ4n) is 9.59. The van der Waals surface area contributed by atoms with Crippen molar-refractivity contribution in [3.8, 4) is 74.1 Å². The first-order chi connectivity index (χ1) is 33.8. The lowest BCUT2D eigenvalue weighted by Gasteiger charge is -2.21. The minimum Gasteiger partial charge on any atom is -0.309 e. The third-order valence-electron chi connectivity index (χ3n) is 12.9. The molecule has 334 valence electrons. The molecule has 11 heteroatoms. The Hall–Kier alpha value is -9.37. The summed E-state index contributed by atoms with van der Waals surface area (Å²) in [7, 11) is 0. The normalized spacial score (nSPS) is 11.8. The summed E-state index contributed by atoms with van der Waals surface area (Å²) in [5, 5.41) is 32.7. The van der Waals surface area contributed by atoms with Gasteiger partial charge < -0.3 is 9.13 Å². The fourth-order valence-corrected chi connectivity index (χ4v) is 9.59. The second kappa shape index (κ2) is 16.4. The van der Waals surface area contributed by atoms with Crippen LogP contribution in [0.2, 0.25) is 0 Å². The van der Waals surface area contributed by atoms with Gasteiger partial charge in [-0.25, -0.2) is 0 Å². The van der Waals surface area contributed by atoms with Gasteiger partial charge in [0, 0.05) is 32.8 Å². The molecule has 5 nitrogen and oxygen atoms in total. The highest BCUT2D eigenvalue weighted by Crippen LogP contribution is 2.46. The number of halogens is 6. The third kappa shape index (κ3) is 7.36. The number of benzene rings is 9. The van der Waals surface area contributed by atoms with Gasteiger partial charge in [0.25, 0.3) is 0 Å². The van der Waals surface area contributed by atoms with Crippen molar-refractivity contribution in [3.05, 3.63) is 216 Å². The van der Waals surface area contributed by atoms with Crippen LogP contribution < -0.4 is 0 Å². The maximum Gasteiger partial charge on any atom is 0.416 e. The zero-order valence-corrected chi connectivity index (χ0v) is 36.4. The lowest BCUT2D eigenvalue weighted by atomic mass is 9.90. The van der Waals surface area contributed by atoms with E-state index in [4.69, 9.17) is 0 Å². The molecule has 0 saturated heterocycles. The maximum absolute atomic E-state index is 14.6. The Bertz CT molecular complexity index is 4030. The molecule has 0 unspecified atom stereocenters. The highest BCUT2D eigenvalue weighted by molar-refractivity contribution is 6.12. The second-order valence-electron chi connectivity index (χ2n) is 16.9. The van der Waals surface area contributed by atoms with Gasteiger partial charge >= 0.3 is 12.4 Å². The number of nitrogens with zero attached hydrogens (tertiary/aromatic N) is 5. The van der Waals surface area contributed by atoms with Gasteiger partial charge in [-0.1, -0.05) is 78.9 Å². The SMILES string of the molecule is N#Cc1ccc(-c2ccc3c(c2)c2ccccc2n3-c2ccc(-c3cc(C(F)(F)F)cc(C(F)(F)F)c3)c(-c3cc(C#N)ccc3-n3c4ccccc4c4cc(-c5ccc(C#N)cc5)ccc43)c2)cc1. The molecule has 70 heavy (non-hydrogen) atoms. The largest absolute Gasteiger partial charge is 0.416 e. The van der Waals surface area contributed by atoms with Crippen LogP contribution in [0.25, 0.3) is 99.5 Å². The average Bonchev–Trinajstić information content (AvgIpc) is 3.90. The topological polar surface area (TPSA) is 81.2 Å². The van der Waals surface area contributed by atoms with Crippen molar-refractivity contribution < 1.29 is 26.3 Å². The van der Waals surface area contributed by atoms with Crippen LogP contribution in [-0.2, 0) is 12.4 Å². The van der Waals surface area contributed by atoms with E-state index >= 15 is 0 Å². The van der Waals surface area contributed by atoms with E-state index in [9.17, 15) is 42.1 Å². The molecule has 2 heterocycles. The lowest BCUT2D eigenvalue weighted by molar-refractivity contribution is -0.143. The van der Waals surface area contributed by atoms with Crippen LogP contribution in [-0.4, -0.2) is 9.13 Å². The van der Waals surface area contributed by atoms with Gasteiger partial charge in [-0.15, -0.1) is 0 Å². The fraction of sp³-hybridized carbons (Fsp3) is 0.0339. The molecular weight excluding hydrogens is 893 g/mol. The van der Waals surface area contributed by atoms with Crippen molar-refractivity contribution >= 4 is 43.6 Å². The Kier molecular flexibility index (Phi) is 10.2. The van der Waals surface area contributed by atoms with Crippen LogP contribution in [0.5, 0.6) is 0 Å². The van der Waals surface area contributed by atoms with Crippen LogP contribution >= 0.6 is 0 Å². The molecule has 0 aliphatic heterocycles. The number of hydrogen-bond donors (Lipinski definition) is 0. The number of fused-ring (bicyclic) bond motifs is 6. The van der Waals surface area contributed by atoms with E-state index in [1.54, 1.807) is 60.7 Å². The van der Waals surface area contributed by atoms with Crippen molar-refractivity contribution in [2.75, 3.05) is 0 Å². The van der Waals surface area contributed by atoms with E-state index in [1.165, 1.54) is 0 Å². The first-order valence-corrected chi connectivity index (χ1v) is 21.9. The molecule has 0 fully saturated rings. The van der Waals surface area contributed by atoms with Gasteiger partial charge in [0.05, 0.1) is 73.8 Å². The molecule has 0 aliphatic carbocycles. The van der Waals surface area contributed by atoms with Crippen molar-refractivity contribution in [2.24, 2.45) is 0 Å². The Morgan fingerprint density at radius 2 is 0.786 bits per heavy atom. The Morgan fingerprint density at radius 1 is 0.329 bits per heavy atom. The lowest BCUT2D eigenvalue weighted by Crippen LogP contribution is -2.11. The molecule has 0 bridgehead atoms. The van der Waals surface area contributed by atoms with E-state index in [-0.39, 0.29) is 28.3 Å². The van der Waals surface area contributed by atoms with Gasteiger partial charge in [-0.2, -0.15) is 42.1 Å². The van der Waals surface area contributed by atoms with Crippen molar-refractivity contribution in [1.29, 1.82) is 15.8 Å². The summed E-state index contributed by atoms with van der Waals surface area (Å²) in [6.45, 7) is 0. The minimum absolute atomic E-state index is 0.0735. The van der Waals surface area contributed by atoms with Gasteiger partial charge in [-0.05, 0) is 148 Å². The van der Waals surface area contributed by atoms with Crippen molar-refractivity contribution in [3.63, 3.8) is 0 Å². The van der Waals surface area contributed by atoms with E-state index < -0.39 is 23.5 Å². The van der Waals surface area contributed by atoms with E-state index in [0.717, 1.165) is 78.0 Å². The summed E-state index contributed by atoms with van der Waals surface area (Å²) in [5.74, 6) is 0. The third-order valence-corrected chi connectivity index (χ3v) is 12.9. The Morgan fingerprint density at radius 3 is 1.30 bits per heavy atom. The van der Waals surface area contributed by atoms with Gasteiger partial charge in [-0.3, -0.25) is 0 Å². The molecule has 0 radical (unpaired) electrons. The predicted octanol–water partition coefficient (Wildman–Crippen LogP) is 16.2. The summed E-state index contributed by atoms with van der Waals surface area (Å²) < 4.78 is 91.4. The van der Waals surface area contributed by atoms with Crippen LogP contribution in [0.3, 0.4) is 0 Å². The second-order valence-corrected chi connectivity index (χ2v) is 16.9. The Balaban J connectivity index is 1.20. The number of hydrogen-bond acceptors (Lipinski definition) is 3. The first kappa shape index (κ1) is 43.2. The zero-order chi connectivity index (χ0) is 48.5. The molecule has 9 aromatic carbocycles. The molecule has 11 rings (SSSR count). The van der Waals surface area contributed by atoms with E-state index in [1.807, 2.05) is 112 Å². The summed E-state index contributed by atoms with van der Waals surface area (Å²) in [6, 6.07) is 59.9. The average molecular weight is 924 g/mol. The molecule has 0 N–H and O–H groups in total. The van der Waals surface area contributed by atoms with Crippen LogP contribution in [0.15, 0.2) is 188 Å². The summed E-state index contributed by atoms with van der Waals surface area (Å²) in [4.78, 5) is 0. The highest BCUT2D eigenvalue weighted by atomic mass is 19.4. The van der Waals surface area contributed by atoms with Gasteiger partial charge in [0.2, 0.25) is 0 Å². The number of aromatic nitrogens is 2. The van der Waals surface area contributed by atoms with Gasteiger partial charge in [0.1, 0.15) is 0 Å². The molecule has 0 saturated carbocycles. The van der Waals surface area contributed by atoms with E-state index in [0.29, 0.717) is 28.1 Å². The molecule has 11 aromatic rings. The quantitative estimate of drug-likeness (QED) is 0.156.